The van der Waals surface area contributed by atoms with E-state index in [1.165, 1.54) is 5.56 Å². The Morgan fingerprint density at radius 3 is 2.23 bits per heavy atom. The van der Waals surface area contributed by atoms with Gasteiger partial charge < -0.3 is 20.3 Å². The van der Waals surface area contributed by atoms with Gasteiger partial charge in [-0.2, -0.15) is 0 Å². The van der Waals surface area contributed by atoms with Crippen molar-refractivity contribution in [3.63, 3.8) is 0 Å². The molecule has 0 aliphatic heterocycles. The van der Waals surface area contributed by atoms with Crippen LogP contribution in [0.25, 0.3) is 0 Å². The largest absolute Gasteiger partial charge is 0.457 e. The van der Waals surface area contributed by atoms with Gasteiger partial charge in [-0.3, -0.25) is 0 Å². The molecule has 2 rings (SSSR count). The van der Waals surface area contributed by atoms with E-state index in [2.05, 4.69) is 5.32 Å². The van der Waals surface area contributed by atoms with Crippen molar-refractivity contribution >= 4 is 0 Å². The lowest BCUT2D eigenvalue weighted by atomic mass is 10.1. The first kappa shape index (κ1) is 16.5. The quantitative estimate of drug-likeness (QED) is 0.665. The summed E-state index contributed by atoms with van der Waals surface area (Å²) < 4.78 is 5.75. The molecule has 3 N–H and O–H groups in total. The Kier molecular flexibility index (Phi) is 6.90. The fourth-order valence-electron chi connectivity index (χ4n) is 2.22. The first-order chi connectivity index (χ1) is 10.8. The maximum atomic E-state index is 9.27. The molecule has 0 saturated heterocycles. The third-order valence-electron chi connectivity index (χ3n) is 3.45. The average Bonchev–Trinajstić information content (AvgIpc) is 2.57. The van der Waals surface area contributed by atoms with Crippen LogP contribution in [0.2, 0.25) is 0 Å². The van der Waals surface area contributed by atoms with Crippen molar-refractivity contribution in [2.45, 2.75) is 18.9 Å². The molecule has 0 saturated carbocycles. The molecule has 22 heavy (non-hydrogen) atoms. The summed E-state index contributed by atoms with van der Waals surface area (Å²) in [5.41, 5.74) is 1.20. The Bertz CT molecular complexity index is 528. The molecule has 0 aromatic heterocycles. The number of para-hydroxylation sites is 1. The smallest absolute Gasteiger partial charge is 0.127 e. The van der Waals surface area contributed by atoms with Gasteiger partial charge in [0.05, 0.1) is 13.2 Å². The SMILES string of the molecule is OCCNC(CO)CCc1ccc(Oc2ccccc2)cc1. The zero-order chi connectivity index (χ0) is 15.6. The lowest BCUT2D eigenvalue weighted by molar-refractivity contribution is 0.220. The number of rotatable bonds is 9. The van der Waals surface area contributed by atoms with Crippen molar-refractivity contribution < 1.29 is 14.9 Å². The van der Waals surface area contributed by atoms with E-state index in [4.69, 9.17) is 9.84 Å². The summed E-state index contributed by atoms with van der Waals surface area (Å²) in [5.74, 6) is 1.64. The molecule has 0 spiro atoms. The summed E-state index contributed by atoms with van der Waals surface area (Å²) in [6.45, 7) is 0.673. The molecular formula is C18H23NO3. The highest BCUT2D eigenvalue weighted by molar-refractivity contribution is 5.33. The van der Waals surface area contributed by atoms with Gasteiger partial charge in [0.25, 0.3) is 0 Å². The predicted molar refractivity (Wildman–Crippen MR) is 87.2 cm³/mol. The van der Waals surface area contributed by atoms with E-state index >= 15 is 0 Å². The van der Waals surface area contributed by atoms with Crippen LogP contribution in [0.3, 0.4) is 0 Å². The fraction of sp³-hybridized carbons (Fsp3) is 0.333. The van der Waals surface area contributed by atoms with Gasteiger partial charge in [-0.05, 0) is 42.7 Å². The average molecular weight is 301 g/mol. The number of nitrogens with one attached hydrogen (secondary N) is 1. The number of benzene rings is 2. The van der Waals surface area contributed by atoms with Gasteiger partial charge in [0, 0.05) is 12.6 Å². The number of aliphatic hydroxyl groups is 2. The van der Waals surface area contributed by atoms with Crippen molar-refractivity contribution in [2.24, 2.45) is 0 Å². The molecular weight excluding hydrogens is 278 g/mol. The third-order valence-corrected chi connectivity index (χ3v) is 3.45. The second-order valence-electron chi connectivity index (χ2n) is 5.15. The minimum Gasteiger partial charge on any atom is -0.457 e. The highest BCUT2D eigenvalue weighted by Crippen LogP contribution is 2.21. The van der Waals surface area contributed by atoms with Gasteiger partial charge in [-0.1, -0.05) is 30.3 Å². The van der Waals surface area contributed by atoms with Crippen molar-refractivity contribution in [1.29, 1.82) is 0 Å². The zero-order valence-corrected chi connectivity index (χ0v) is 12.6. The van der Waals surface area contributed by atoms with Gasteiger partial charge in [0.15, 0.2) is 0 Å². The monoisotopic (exact) mass is 301 g/mol. The van der Waals surface area contributed by atoms with Crippen LogP contribution in [0.1, 0.15) is 12.0 Å². The molecule has 0 heterocycles. The minimum absolute atomic E-state index is 0.0207. The van der Waals surface area contributed by atoms with E-state index in [1.807, 2.05) is 54.6 Å². The molecule has 4 nitrogen and oxygen atoms in total. The number of ether oxygens (including phenoxy) is 1. The second-order valence-corrected chi connectivity index (χ2v) is 5.15. The van der Waals surface area contributed by atoms with Crippen LogP contribution >= 0.6 is 0 Å². The summed E-state index contributed by atoms with van der Waals surface area (Å²) in [7, 11) is 0. The summed E-state index contributed by atoms with van der Waals surface area (Å²) in [4.78, 5) is 0. The van der Waals surface area contributed by atoms with E-state index in [0.29, 0.717) is 6.54 Å². The molecule has 4 heteroatoms. The molecule has 0 aliphatic carbocycles. The zero-order valence-electron chi connectivity index (χ0n) is 12.6. The van der Waals surface area contributed by atoms with Gasteiger partial charge in [-0.15, -0.1) is 0 Å². The van der Waals surface area contributed by atoms with E-state index < -0.39 is 0 Å². The van der Waals surface area contributed by atoms with E-state index in [1.54, 1.807) is 0 Å². The molecule has 0 amide bonds. The summed E-state index contributed by atoms with van der Waals surface area (Å²) in [5, 5.41) is 21.2. The number of hydrogen-bond acceptors (Lipinski definition) is 4. The number of aliphatic hydroxyl groups excluding tert-OH is 2. The lowest BCUT2D eigenvalue weighted by Gasteiger charge is -2.15. The topological polar surface area (TPSA) is 61.7 Å². The first-order valence-corrected chi connectivity index (χ1v) is 7.59. The summed E-state index contributed by atoms with van der Waals surface area (Å²) in [6, 6.07) is 17.7. The van der Waals surface area contributed by atoms with E-state index in [0.717, 1.165) is 24.3 Å². The van der Waals surface area contributed by atoms with Crippen molar-refractivity contribution in [2.75, 3.05) is 19.8 Å². The fourth-order valence-corrected chi connectivity index (χ4v) is 2.22. The second kappa shape index (κ2) is 9.20. The first-order valence-electron chi connectivity index (χ1n) is 7.59. The Labute approximate surface area is 131 Å². The van der Waals surface area contributed by atoms with E-state index in [-0.39, 0.29) is 19.3 Å². The standard InChI is InChI=1S/C18H23NO3/c20-13-12-19-16(14-21)9-6-15-7-10-18(11-8-15)22-17-4-2-1-3-5-17/h1-5,7-8,10-11,16,19-21H,6,9,12-14H2. The van der Waals surface area contributed by atoms with Crippen LogP contribution in [0.15, 0.2) is 54.6 Å². The molecule has 1 atom stereocenters. The van der Waals surface area contributed by atoms with Crippen LogP contribution < -0.4 is 10.1 Å². The van der Waals surface area contributed by atoms with Crippen molar-refractivity contribution in [3.8, 4) is 11.5 Å². The normalized spacial score (nSPS) is 12.1. The van der Waals surface area contributed by atoms with Crippen LogP contribution in [-0.2, 0) is 6.42 Å². The number of hydrogen-bond donors (Lipinski definition) is 3. The van der Waals surface area contributed by atoms with Gasteiger partial charge >= 0.3 is 0 Å². The lowest BCUT2D eigenvalue weighted by Crippen LogP contribution is -2.34. The molecule has 0 bridgehead atoms. The molecule has 2 aromatic carbocycles. The molecule has 2 aromatic rings. The predicted octanol–water partition coefficient (Wildman–Crippen LogP) is 2.35. The minimum atomic E-state index is 0.0207. The van der Waals surface area contributed by atoms with Gasteiger partial charge in [-0.25, -0.2) is 0 Å². The molecule has 1 unspecified atom stereocenters. The Balaban J connectivity index is 1.83. The number of aryl methyl sites for hydroxylation is 1. The molecule has 0 fully saturated rings. The highest BCUT2D eigenvalue weighted by Gasteiger charge is 2.06. The molecule has 118 valence electrons. The third kappa shape index (κ3) is 5.48. The maximum absolute atomic E-state index is 9.27. The van der Waals surface area contributed by atoms with Crippen LogP contribution in [0.4, 0.5) is 0 Å². The Morgan fingerprint density at radius 1 is 0.909 bits per heavy atom. The van der Waals surface area contributed by atoms with Crippen molar-refractivity contribution in [3.05, 3.63) is 60.2 Å². The van der Waals surface area contributed by atoms with E-state index in [9.17, 15) is 5.11 Å². The summed E-state index contributed by atoms with van der Waals surface area (Å²) >= 11 is 0. The summed E-state index contributed by atoms with van der Waals surface area (Å²) in [6.07, 6.45) is 1.70. The van der Waals surface area contributed by atoms with Crippen LogP contribution in [0.5, 0.6) is 11.5 Å². The maximum Gasteiger partial charge on any atom is 0.127 e. The van der Waals surface area contributed by atoms with Crippen LogP contribution in [-0.4, -0.2) is 36.0 Å². The highest BCUT2D eigenvalue weighted by atomic mass is 16.5. The van der Waals surface area contributed by atoms with Crippen LogP contribution in [0, 0.1) is 0 Å². The van der Waals surface area contributed by atoms with Gasteiger partial charge in [0.2, 0.25) is 0 Å². The Hall–Kier alpha value is -1.88. The Morgan fingerprint density at radius 2 is 1.59 bits per heavy atom. The molecule has 0 aliphatic rings. The van der Waals surface area contributed by atoms with Gasteiger partial charge in [0.1, 0.15) is 11.5 Å². The molecule has 0 radical (unpaired) electrons. The van der Waals surface area contributed by atoms with Crippen molar-refractivity contribution in [1.82, 2.24) is 5.32 Å².